The zero-order valence-electron chi connectivity index (χ0n) is 18.0. The molecule has 0 fully saturated rings. The number of amides is 3. The lowest BCUT2D eigenvalue weighted by molar-refractivity contribution is -0.124. The molecule has 11 heteroatoms. The number of aryl methyl sites for hydroxylation is 1. The van der Waals surface area contributed by atoms with Crippen LogP contribution in [0, 0.1) is 18.7 Å². The molecule has 1 N–H and O–H groups in total. The molecule has 32 heavy (non-hydrogen) atoms. The number of nitrogens with zero attached hydrogens (tertiary/aromatic N) is 4. The van der Waals surface area contributed by atoms with Crippen molar-refractivity contribution in [3.05, 3.63) is 46.2 Å². The van der Waals surface area contributed by atoms with Crippen LogP contribution >= 0.6 is 23.1 Å². The molecule has 2 heterocycles. The second-order valence-corrected chi connectivity index (χ2v) is 9.25. The van der Waals surface area contributed by atoms with Crippen LogP contribution in [0.1, 0.15) is 34.3 Å². The Labute approximate surface area is 193 Å². The molecule has 2 aromatic rings. The standard InChI is InChI=1S/C21H22FN5O3S2/c1-11-14(9-16(28)25-21-24-12(2)17(32-21)19(30)27(3)4)18(29)26-20(23-11)31-10-13-7-5-6-8-15(13)22/h5-8,14H,9-10H2,1-4H3,(H,24,25,28). The second-order valence-electron chi connectivity index (χ2n) is 7.30. The van der Waals surface area contributed by atoms with E-state index in [1.807, 2.05) is 0 Å². The molecule has 8 nitrogen and oxygen atoms in total. The van der Waals surface area contributed by atoms with E-state index in [1.54, 1.807) is 46.1 Å². The quantitative estimate of drug-likeness (QED) is 0.688. The van der Waals surface area contributed by atoms with E-state index in [9.17, 15) is 18.8 Å². The number of benzene rings is 1. The molecule has 0 spiro atoms. The van der Waals surface area contributed by atoms with Crippen molar-refractivity contribution >= 4 is 56.8 Å². The molecule has 1 atom stereocenters. The number of anilines is 1. The van der Waals surface area contributed by atoms with Crippen LogP contribution in [-0.4, -0.2) is 52.6 Å². The van der Waals surface area contributed by atoms with Gasteiger partial charge in [0, 0.05) is 32.0 Å². The van der Waals surface area contributed by atoms with Crippen LogP contribution in [0.15, 0.2) is 34.3 Å². The van der Waals surface area contributed by atoms with Crippen molar-refractivity contribution in [2.45, 2.75) is 26.0 Å². The number of aliphatic imine (C=N–C) groups is 2. The zero-order valence-corrected chi connectivity index (χ0v) is 19.6. The molecule has 1 aromatic carbocycles. The Morgan fingerprint density at radius 2 is 1.94 bits per heavy atom. The second kappa shape index (κ2) is 10.1. The van der Waals surface area contributed by atoms with Crippen LogP contribution in [0.4, 0.5) is 9.52 Å². The van der Waals surface area contributed by atoms with Gasteiger partial charge in [0.25, 0.3) is 11.8 Å². The summed E-state index contributed by atoms with van der Waals surface area (Å²) in [6.45, 7) is 3.36. The highest BCUT2D eigenvalue weighted by atomic mass is 32.2. The summed E-state index contributed by atoms with van der Waals surface area (Å²) in [7, 11) is 3.28. The molecule has 0 aliphatic carbocycles. The minimum atomic E-state index is -0.781. The van der Waals surface area contributed by atoms with Gasteiger partial charge in [-0.3, -0.25) is 14.4 Å². The fourth-order valence-electron chi connectivity index (χ4n) is 2.87. The number of amidine groups is 1. The molecule has 3 rings (SSSR count). The van der Waals surface area contributed by atoms with E-state index in [0.29, 0.717) is 27.0 Å². The summed E-state index contributed by atoms with van der Waals surface area (Å²) < 4.78 is 13.8. The normalized spacial score (nSPS) is 15.8. The summed E-state index contributed by atoms with van der Waals surface area (Å²) >= 11 is 2.24. The third-order valence-corrected chi connectivity index (χ3v) is 6.58. The SMILES string of the molecule is CC1=NC(SCc2ccccc2F)=NC(=O)C1CC(=O)Nc1nc(C)c(C(=O)N(C)C)s1. The third-order valence-electron chi connectivity index (χ3n) is 4.63. The van der Waals surface area contributed by atoms with E-state index >= 15 is 0 Å². The summed E-state index contributed by atoms with van der Waals surface area (Å²) in [5, 5.41) is 3.18. The predicted molar refractivity (Wildman–Crippen MR) is 125 cm³/mol. The summed E-state index contributed by atoms with van der Waals surface area (Å²) in [6.07, 6.45) is -0.140. The fraction of sp³-hybridized carbons (Fsp3) is 0.333. The number of thioether (sulfide) groups is 1. The van der Waals surface area contributed by atoms with Gasteiger partial charge in [0.15, 0.2) is 10.3 Å². The average molecular weight is 476 g/mol. The van der Waals surface area contributed by atoms with Crippen molar-refractivity contribution in [3.63, 3.8) is 0 Å². The number of carbonyl (C=O) groups excluding carboxylic acids is 3. The number of halogens is 1. The number of thiazole rings is 1. The Hall–Kier alpha value is -2.92. The Morgan fingerprint density at radius 3 is 2.59 bits per heavy atom. The Balaban J connectivity index is 1.60. The summed E-state index contributed by atoms with van der Waals surface area (Å²) in [4.78, 5) is 51.5. The van der Waals surface area contributed by atoms with Crippen LogP contribution in [0.5, 0.6) is 0 Å². The average Bonchev–Trinajstić information content (AvgIpc) is 3.09. The van der Waals surface area contributed by atoms with Gasteiger partial charge in [-0.2, -0.15) is 4.99 Å². The maximum atomic E-state index is 13.8. The van der Waals surface area contributed by atoms with Crippen molar-refractivity contribution in [3.8, 4) is 0 Å². The maximum Gasteiger partial charge on any atom is 0.265 e. The number of aromatic nitrogens is 1. The molecule has 0 bridgehead atoms. The fourth-order valence-corrected chi connectivity index (χ4v) is 4.75. The number of rotatable bonds is 6. The zero-order chi connectivity index (χ0) is 23.4. The van der Waals surface area contributed by atoms with Crippen LogP contribution in [0.3, 0.4) is 0 Å². The highest BCUT2D eigenvalue weighted by molar-refractivity contribution is 8.13. The molecule has 0 saturated carbocycles. The predicted octanol–water partition coefficient (Wildman–Crippen LogP) is 3.53. The maximum absolute atomic E-state index is 13.8. The van der Waals surface area contributed by atoms with Gasteiger partial charge in [-0.1, -0.05) is 41.3 Å². The minimum Gasteiger partial charge on any atom is -0.344 e. The molecule has 3 amide bonds. The first-order valence-electron chi connectivity index (χ1n) is 9.68. The molecule has 1 aliphatic rings. The molecule has 168 valence electrons. The molecule has 1 aliphatic heterocycles. The van der Waals surface area contributed by atoms with Crippen LogP contribution in [-0.2, 0) is 15.3 Å². The van der Waals surface area contributed by atoms with E-state index in [1.165, 1.54) is 11.0 Å². The first kappa shape index (κ1) is 23.7. The third kappa shape index (κ3) is 5.65. The van der Waals surface area contributed by atoms with E-state index in [4.69, 9.17) is 0 Å². The number of nitrogens with one attached hydrogen (secondary N) is 1. The molecular weight excluding hydrogens is 453 g/mol. The minimum absolute atomic E-state index is 0.140. The van der Waals surface area contributed by atoms with E-state index in [-0.39, 0.29) is 29.1 Å². The van der Waals surface area contributed by atoms with Crippen molar-refractivity contribution in [2.24, 2.45) is 15.9 Å². The summed E-state index contributed by atoms with van der Waals surface area (Å²) in [5.74, 6) is -1.91. The van der Waals surface area contributed by atoms with Gasteiger partial charge in [-0.15, -0.1) is 0 Å². The smallest absolute Gasteiger partial charge is 0.265 e. The number of hydrogen-bond acceptors (Lipinski definition) is 7. The molecule has 1 unspecified atom stereocenters. The van der Waals surface area contributed by atoms with Gasteiger partial charge in [0.1, 0.15) is 10.7 Å². The lowest BCUT2D eigenvalue weighted by Crippen LogP contribution is -2.30. The van der Waals surface area contributed by atoms with E-state index in [0.717, 1.165) is 23.1 Å². The first-order chi connectivity index (χ1) is 15.2. The lowest BCUT2D eigenvalue weighted by atomic mass is 9.98. The van der Waals surface area contributed by atoms with Gasteiger partial charge >= 0.3 is 0 Å². The van der Waals surface area contributed by atoms with Crippen molar-refractivity contribution in [2.75, 3.05) is 19.4 Å². The van der Waals surface area contributed by atoms with E-state index in [2.05, 4.69) is 20.3 Å². The van der Waals surface area contributed by atoms with Crippen molar-refractivity contribution < 1.29 is 18.8 Å². The molecule has 0 radical (unpaired) electrons. The largest absolute Gasteiger partial charge is 0.344 e. The lowest BCUT2D eigenvalue weighted by Gasteiger charge is -2.17. The van der Waals surface area contributed by atoms with Crippen LogP contribution in [0.2, 0.25) is 0 Å². The highest BCUT2D eigenvalue weighted by Crippen LogP contribution is 2.26. The van der Waals surface area contributed by atoms with Gasteiger partial charge in [-0.25, -0.2) is 14.4 Å². The Bertz CT molecular complexity index is 1130. The Kier molecular flexibility index (Phi) is 7.52. The molecule has 0 saturated heterocycles. The van der Waals surface area contributed by atoms with Crippen molar-refractivity contribution in [1.82, 2.24) is 9.88 Å². The van der Waals surface area contributed by atoms with Gasteiger partial charge < -0.3 is 10.2 Å². The van der Waals surface area contributed by atoms with Crippen molar-refractivity contribution in [1.29, 1.82) is 0 Å². The first-order valence-corrected chi connectivity index (χ1v) is 11.5. The van der Waals surface area contributed by atoms with Crippen LogP contribution < -0.4 is 5.32 Å². The summed E-state index contributed by atoms with van der Waals surface area (Å²) in [5.41, 5.74) is 1.49. The van der Waals surface area contributed by atoms with Gasteiger partial charge in [0.05, 0.1) is 11.6 Å². The Morgan fingerprint density at radius 1 is 1.22 bits per heavy atom. The molecule has 1 aromatic heterocycles. The number of hydrogen-bond donors (Lipinski definition) is 1. The van der Waals surface area contributed by atoms with Gasteiger partial charge in [-0.05, 0) is 25.5 Å². The molecular formula is C21H22FN5O3S2. The van der Waals surface area contributed by atoms with Crippen LogP contribution in [0.25, 0.3) is 0 Å². The summed E-state index contributed by atoms with van der Waals surface area (Å²) in [6, 6.07) is 6.38. The van der Waals surface area contributed by atoms with E-state index < -0.39 is 17.7 Å². The highest BCUT2D eigenvalue weighted by Gasteiger charge is 2.29. The van der Waals surface area contributed by atoms with Gasteiger partial charge in [0.2, 0.25) is 5.91 Å². The monoisotopic (exact) mass is 475 g/mol. The number of carbonyl (C=O) groups is 3. The topological polar surface area (TPSA) is 104 Å².